The third-order valence-electron chi connectivity index (χ3n) is 4.01. The summed E-state index contributed by atoms with van der Waals surface area (Å²) in [5, 5.41) is 3.41. The molecule has 0 saturated carbocycles. The number of nitrogens with one attached hydrogen (secondary N) is 1. The second-order valence-corrected chi connectivity index (χ2v) is 6.76. The number of para-hydroxylation sites is 2. The highest BCUT2D eigenvalue weighted by molar-refractivity contribution is 6.00. The number of carbonyl (C=O) groups is 1. The number of benzene rings is 2. The van der Waals surface area contributed by atoms with E-state index in [1.54, 1.807) is 13.0 Å². The van der Waals surface area contributed by atoms with Crippen molar-refractivity contribution in [3.8, 4) is 0 Å². The fourth-order valence-corrected chi connectivity index (χ4v) is 2.95. The van der Waals surface area contributed by atoms with E-state index in [1.165, 1.54) is 0 Å². The summed E-state index contributed by atoms with van der Waals surface area (Å²) in [4.78, 5) is 19.3. The monoisotopic (exact) mass is 367 g/mol. The van der Waals surface area contributed by atoms with Crippen LogP contribution in [-0.4, -0.2) is 35.5 Å². The van der Waals surface area contributed by atoms with Crippen molar-refractivity contribution in [2.45, 2.75) is 46.7 Å². The Bertz CT molecular complexity index is 762. The predicted molar refractivity (Wildman–Crippen MR) is 112 cm³/mol. The Balaban J connectivity index is 2.51. The molecule has 144 valence electrons. The van der Waals surface area contributed by atoms with Crippen LogP contribution in [0.3, 0.4) is 0 Å². The molecule has 0 unspecified atom stereocenters. The number of nitrogens with zero attached hydrogens (tertiary/aromatic N) is 2. The lowest BCUT2D eigenvalue weighted by molar-refractivity contribution is 0.0527. The molecule has 0 saturated heterocycles. The summed E-state index contributed by atoms with van der Waals surface area (Å²) in [7, 11) is 0. The molecule has 0 heterocycles. The quantitative estimate of drug-likeness (QED) is 0.439. The molecule has 0 aliphatic heterocycles. The fourth-order valence-electron chi connectivity index (χ4n) is 2.95. The van der Waals surface area contributed by atoms with Crippen LogP contribution in [0.25, 0.3) is 0 Å². The summed E-state index contributed by atoms with van der Waals surface area (Å²) in [6, 6.07) is 17.6. The Morgan fingerprint density at radius 1 is 1.00 bits per heavy atom. The van der Waals surface area contributed by atoms with Gasteiger partial charge in [0.25, 0.3) is 0 Å². The zero-order valence-corrected chi connectivity index (χ0v) is 16.8. The predicted octanol–water partition coefficient (Wildman–Crippen LogP) is 5.08. The van der Waals surface area contributed by atoms with Crippen LogP contribution >= 0.6 is 0 Å². The molecule has 0 amide bonds. The lowest BCUT2D eigenvalue weighted by atomic mass is 10.2. The van der Waals surface area contributed by atoms with Gasteiger partial charge in [-0.1, -0.05) is 30.3 Å². The van der Waals surface area contributed by atoms with Gasteiger partial charge in [0.2, 0.25) is 5.96 Å². The Hall–Kier alpha value is -2.82. The van der Waals surface area contributed by atoms with E-state index >= 15 is 0 Å². The van der Waals surface area contributed by atoms with E-state index in [-0.39, 0.29) is 18.1 Å². The second-order valence-electron chi connectivity index (χ2n) is 6.76. The van der Waals surface area contributed by atoms with Gasteiger partial charge in [0, 0.05) is 17.8 Å². The number of guanidine groups is 1. The van der Waals surface area contributed by atoms with Crippen LogP contribution in [0.4, 0.5) is 11.4 Å². The summed E-state index contributed by atoms with van der Waals surface area (Å²) in [5.74, 6) is 0.333. The van der Waals surface area contributed by atoms with Crippen LogP contribution in [-0.2, 0) is 4.74 Å². The Kier molecular flexibility index (Phi) is 7.41. The first-order valence-electron chi connectivity index (χ1n) is 9.39. The summed E-state index contributed by atoms with van der Waals surface area (Å²) < 4.78 is 5.18. The highest BCUT2D eigenvalue weighted by atomic mass is 16.5. The van der Waals surface area contributed by atoms with E-state index in [9.17, 15) is 4.79 Å². The first kappa shape index (κ1) is 20.5. The number of carbonyl (C=O) groups excluding carboxylic acids is 1. The molecule has 0 aliphatic carbocycles. The number of hydrogen-bond acceptors (Lipinski definition) is 3. The van der Waals surface area contributed by atoms with E-state index in [2.05, 4.69) is 37.9 Å². The highest BCUT2D eigenvalue weighted by Crippen LogP contribution is 2.22. The van der Waals surface area contributed by atoms with Gasteiger partial charge in [-0.25, -0.2) is 9.79 Å². The van der Waals surface area contributed by atoms with Crippen LogP contribution in [0.2, 0.25) is 0 Å². The summed E-state index contributed by atoms with van der Waals surface area (Å²) in [5.41, 5.74) is 1.98. The maximum absolute atomic E-state index is 12.3. The van der Waals surface area contributed by atoms with Gasteiger partial charge in [-0.3, -0.25) is 0 Å². The van der Waals surface area contributed by atoms with Crippen LogP contribution in [0.5, 0.6) is 0 Å². The first-order valence-corrected chi connectivity index (χ1v) is 9.39. The zero-order chi connectivity index (χ0) is 19.8. The summed E-state index contributed by atoms with van der Waals surface area (Å²) in [6.45, 7) is 10.6. The number of anilines is 1. The molecule has 0 bridgehead atoms. The average molecular weight is 367 g/mol. The molecule has 2 aromatic carbocycles. The molecule has 0 aromatic heterocycles. The molecular formula is C22H29N3O2. The van der Waals surface area contributed by atoms with E-state index in [0.29, 0.717) is 23.8 Å². The van der Waals surface area contributed by atoms with E-state index in [4.69, 9.17) is 9.73 Å². The molecule has 0 atom stereocenters. The lowest BCUT2D eigenvalue weighted by Gasteiger charge is -2.34. The van der Waals surface area contributed by atoms with Gasteiger partial charge < -0.3 is 15.0 Å². The minimum Gasteiger partial charge on any atom is -0.462 e. The smallest absolute Gasteiger partial charge is 0.340 e. The van der Waals surface area contributed by atoms with Crippen LogP contribution in [0.15, 0.2) is 59.6 Å². The second kappa shape index (κ2) is 9.76. The highest BCUT2D eigenvalue weighted by Gasteiger charge is 2.20. The molecule has 0 aliphatic rings. The van der Waals surface area contributed by atoms with Crippen molar-refractivity contribution in [2.75, 3.05) is 11.9 Å². The largest absolute Gasteiger partial charge is 0.462 e. The van der Waals surface area contributed by atoms with Gasteiger partial charge in [-0.05, 0) is 58.9 Å². The fraction of sp³-hybridized carbons (Fsp3) is 0.364. The molecule has 5 nitrogen and oxygen atoms in total. The topological polar surface area (TPSA) is 53.9 Å². The third-order valence-corrected chi connectivity index (χ3v) is 4.01. The molecule has 2 rings (SSSR count). The van der Waals surface area contributed by atoms with Crippen LogP contribution in [0.1, 0.15) is 45.0 Å². The number of hydrogen-bond donors (Lipinski definition) is 1. The Morgan fingerprint density at radius 3 is 2.19 bits per heavy atom. The molecule has 0 spiro atoms. The average Bonchev–Trinajstić information content (AvgIpc) is 2.62. The summed E-state index contributed by atoms with van der Waals surface area (Å²) in [6.07, 6.45) is 0. The van der Waals surface area contributed by atoms with Crippen molar-refractivity contribution < 1.29 is 9.53 Å². The van der Waals surface area contributed by atoms with E-state index in [1.807, 2.05) is 48.5 Å². The molecule has 1 N–H and O–H groups in total. The van der Waals surface area contributed by atoms with Crippen LogP contribution in [0, 0.1) is 0 Å². The molecule has 2 aromatic rings. The van der Waals surface area contributed by atoms with Crippen molar-refractivity contribution in [1.29, 1.82) is 0 Å². The van der Waals surface area contributed by atoms with Gasteiger partial charge in [0.1, 0.15) is 0 Å². The standard InChI is InChI=1S/C22H29N3O2/c1-6-27-21(26)19-14-10-11-15-20(19)24-22(25(16(2)3)17(4)5)23-18-12-8-7-9-13-18/h7-17H,6H2,1-5H3,(H,23,24). The van der Waals surface area contributed by atoms with E-state index < -0.39 is 0 Å². The molecule has 0 fully saturated rings. The Labute approximate surface area is 162 Å². The lowest BCUT2D eigenvalue weighted by Crippen LogP contribution is -2.45. The molecular weight excluding hydrogens is 338 g/mol. The van der Waals surface area contributed by atoms with Crippen molar-refractivity contribution in [2.24, 2.45) is 4.99 Å². The van der Waals surface area contributed by atoms with Gasteiger partial charge in [-0.15, -0.1) is 0 Å². The zero-order valence-electron chi connectivity index (χ0n) is 16.8. The van der Waals surface area contributed by atoms with Gasteiger partial charge in [0.15, 0.2) is 0 Å². The number of aliphatic imine (C=N–C) groups is 1. The number of ether oxygens (including phenoxy) is 1. The maximum atomic E-state index is 12.3. The maximum Gasteiger partial charge on any atom is 0.340 e. The minimum absolute atomic E-state index is 0.231. The van der Waals surface area contributed by atoms with Crippen molar-refractivity contribution in [1.82, 2.24) is 4.90 Å². The Morgan fingerprint density at radius 2 is 1.59 bits per heavy atom. The normalized spacial score (nSPS) is 11.6. The SMILES string of the molecule is CCOC(=O)c1ccccc1N=C(Nc1ccccc1)N(C(C)C)C(C)C. The van der Waals surface area contributed by atoms with Gasteiger partial charge >= 0.3 is 5.97 Å². The first-order chi connectivity index (χ1) is 12.9. The third kappa shape index (κ3) is 5.58. The minimum atomic E-state index is -0.364. The van der Waals surface area contributed by atoms with Crippen molar-refractivity contribution in [3.05, 3.63) is 60.2 Å². The number of rotatable bonds is 6. The molecule has 0 radical (unpaired) electrons. The van der Waals surface area contributed by atoms with E-state index in [0.717, 1.165) is 5.69 Å². The molecule has 27 heavy (non-hydrogen) atoms. The van der Waals surface area contributed by atoms with Crippen LogP contribution < -0.4 is 5.32 Å². The van der Waals surface area contributed by atoms with Gasteiger partial charge in [-0.2, -0.15) is 0 Å². The van der Waals surface area contributed by atoms with Crippen molar-refractivity contribution >= 4 is 23.3 Å². The van der Waals surface area contributed by atoms with Crippen molar-refractivity contribution in [3.63, 3.8) is 0 Å². The summed E-state index contributed by atoms with van der Waals surface area (Å²) >= 11 is 0. The molecule has 5 heteroatoms. The number of esters is 1. The van der Waals surface area contributed by atoms with Gasteiger partial charge in [0.05, 0.1) is 17.9 Å².